The molecule has 0 spiro atoms. The number of nitrogen functional groups attached to an aromatic ring is 1. The lowest BCUT2D eigenvalue weighted by molar-refractivity contribution is 0.151. The van der Waals surface area contributed by atoms with Crippen LogP contribution in [0.2, 0.25) is 0 Å². The lowest BCUT2D eigenvalue weighted by Crippen LogP contribution is -2.31. The standard InChI is InChI=1S/C20H24N6O3/c1-27-17-11-18(28-2)26-20(25-17)24-13-3-5-14(6-4-13)29-16-10-12(21)9-15-19(16)23-8-7-22-15/h7-11,13-14H,3-6,21H2,1-2H3,(H,24,25,26). The number of nitrogens with one attached hydrogen (secondary N) is 1. The molecular weight excluding hydrogens is 372 g/mol. The van der Waals surface area contributed by atoms with Crippen LogP contribution in [0, 0.1) is 0 Å². The first-order chi connectivity index (χ1) is 14.1. The number of nitrogens with two attached hydrogens (primary N) is 1. The molecule has 2 heterocycles. The molecule has 0 bridgehead atoms. The molecule has 0 atom stereocenters. The summed E-state index contributed by atoms with van der Waals surface area (Å²) in [7, 11) is 3.14. The minimum absolute atomic E-state index is 0.0980. The predicted molar refractivity (Wildman–Crippen MR) is 109 cm³/mol. The van der Waals surface area contributed by atoms with Crippen LogP contribution in [0.15, 0.2) is 30.6 Å². The summed E-state index contributed by atoms with van der Waals surface area (Å²) in [5.74, 6) is 2.12. The summed E-state index contributed by atoms with van der Waals surface area (Å²) in [6.07, 6.45) is 7.07. The van der Waals surface area contributed by atoms with Crippen LogP contribution in [-0.2, 0) is 0 Å². The van der Waals surface area contributed by atoms with Crippen LogP contribution in [0.25, 0.3) is 11.0 Å². The monoisotopic (exact) mass is 396 g/mol. The maximum atomic E-state index is 6.24. The van der Waals surface area contributed by atoms with E-state index in [1.807, 2.05) is 6.07 Å². The Hall–Kier alpha value is -3.36. The van der Waals surface area contributed by atoms with Crippen molar-refractivity contribution < 1.29 is 14.2 Å². The van der Waals surface area contributed by atoms with Gasteiger partial charge in [0.15, 0.2) is 0 Å². The van der Waals surface area contributed by atoms with Gasteiger partial charge in [-0.3, -0.25) is 4.98 Å². The SMILES string of the molecule is COc1cc(OC)nc(NC2CCC(Oc3cc(N)cc4nccnc34)CC2)n1. The van der Waals surface area contributed by atoms with Crippen LogP contribution in [0.3, 0.4) is 0 Å². The Bertz CT molecular complexity index is 969. The number of anilines is 2. The van der Waals surface area contributed by atoms with E-state index in [0.29, 0.717) is 29.1 Å². The summed E-state index contributed by atoms with van der Waals surface area (Å²) in [5, 5.41) is 3.37. The van der Waals surface area contributed by atoms with E-state index in [-0.39, 0.29) is 12.1 Å². The predicted octanol–water partition coefficient (Wildman–Crippen LogP) is 2.82. The summed E-state index contributed by atoms with van der Waals surface area (Å²) < 4.78 is 16.6. The molecule has 2 aromatic heterocycles. The summed E-state index contributed by atoms with van der Waals surface area (Å²) in [6, 6.07) is 5.52. The zero-order chi connectivity index (χ0) is 20.2. The molecule has 1 saturated carbocycles. The molecule has 1 aliphatic carbocycles. The molecule has 3 aromatic rings. The largest absolute Gasteiger partial charge is 0.488 e. The first kappa shape index (κ1) is 19.0. The lowest BCUT2D eigenvalue weighted by atomic mass is 9.93. The summed E-state index contributed by atoms with van der Waals surface area (Å²) in [4.78, 5) is 17.4. The molecule has 0 aliphatic heterocycles. The topological polar surface area (TPSA) is 117 Å². The second-order valence-electron chi connectivity index (χ2n) is 6.96. The molecule has 9 nitrogen and oxygen atoms in total. The fourth-order valence-electron chi connectivity index (χ4n) is 3.52. The molecular formula is C20H24N6O3. The molecule has 3 N–H and O–H groups in total. The number of aromatic nitrogens is 4. The van der Waals surface area contributed by atoms with Crippen molar-refractivity contribution in [1.82, 2.24) is 19.9 Å². The molecule has 4 rings (SSSR count). The van der Waals surface area contributed by atoms with Gasteiger partial charge in [0.05, 0.1) is 31.9 Å². The first-order valence-electron chi connectivity index (χ1n) is 9.55. The van der Waals surface area contributed by atoms with E-state index in [9.17, 15) is 0 Å². The van der Waals surface area contributed by atoms with Crippen molar-refractivity contribution in [1.29, 1.82) is 0 Å². The van der Waals surface area contributed by atoms with Crippen LogP contribution in [0.5, 0.6) is 17.5 Å². The third-order valence-electron chi connectivity index (χ3n) is 4.96. The maximum absolute atomic E-state index is 6.24. The van der Waals surface area contributed by atoms with Gasteiger partial charge in [-0.25, -0.2) is 4.98 Å². The second kappa shape index (κ2) is 8.34. The Balaban J connectivity index is 1.39. The second-order valence-corrected chi connectivity index (χ2v) is 6.96. The van der Waals surface area contributed by atoms with Gasteiger partial charge in [-0.1, -0.05) is 0 Å². The smallest absolute Gasteiger partial charge is 0.229 e. The first-order valence-corrected chi connectivity index (χ1v) is 9.55. The fraction of sp³-hybridized carbons (Fsp3) is 0.400. The van der Waals surface area contributed by atoms with Gasteiger partial charge in [-0.05, 0) is 31.7 Å². The normalized spacial score (nSPS) is 19.0. The van der Waals surface area contributed by atoms with E-state index < -0.39 is 0 Å². The highest BCUT2D eigenvalue weighted by molar-refractivity contribution is 5.84. The molecule has 0 radical (unpaired) electrons. The van der Waals surface area contributed by atoms with Gasteiger partial charge in [0.1, 0.15) is 11.3 Å². The number of benzene rings is 1. The quantitative estimate of drug-likeness (QED) is 0.606. The molecule has 1 fully saturated rings. The van der Waals surface area contributed by atoms with Crippen molar-refractivity contribution in [2.24, 2.45) is 0 Å². The summed E-state index contributed by atoms with van der Waals surface area (Å²) in [5.41, 5.74) is 8.08. The summed E-state index contributed by atoms with van der Waals surface area (Å²) in [6.45, 7) is 0. The van der Waals surface area contributed by atoms with Crippen LogP contribution in [0.4, 0.5) is 11.6 Å². The molecule has 0 unspecified atom stereocenters. The lowest BCUT2D eigenvalue weighted by Gasteiger charge is -2.29. The molecule has 29 heavy (non-hydrogen) atoms. The number of ether oxygens (including phenoxy) is 3. The number of fused-ring (bicyclic) bond motifs is 1. The van der Waals surface area contributed by atoms with E-state index in [4.69, 9.17) is 19.9 Å². The number of hydrogen-bond acceptors (Lipinski definition) is 9. The van der Waals surface area contributed by atoms with Crippen molar-refractivity contribution in [3.8, 4) is 17.5 Å². The Morgan fingerprint density at radius 3 is 2.31 bits per heavy atom. The third-order valence-corrected chi connectivity index (χ3v) is 4.96. The number of nitrogens with zero attached hydrogens (tertiary/aromatic N) is 4. The van der Waals surface area contributed by atoms with Crippen molar-refractivity contribution >= 4 is 22.7 Å². The summed E-state index contributed by atoms with van der Waals surface area (Å²) >= 11 is 0. The minimum atomic E-state index is 0.0980. The number of rotatable bonds is 6. The molecule has 152 valence electrons. The van der Waals surface area contributed by atoms with Crippen molar-refractivity contribution in [2.45, 2.75) is 37.8 Å². The zero-order valence-electron chi connectivity index (χ0n) is 16.5. The van der Waals surface area contributed by atoms with E-state index in [1.165, 1.54) is 0 Å². The van der Waals surface area contributed by atoms with Gasteiger partial charge in [0, 0.05) is 30.2 Å². The van der Waals surface area contributed by atoms with E-state index in [0.717, 1.165) is 36.7 Å². The zero-order valence-corrected chi connectivity index (χ0v) is 16.5. The highest BCUT2D eigenvalue weighted by Gasteiger charge is 2.24. The van der Waals surface area contributed by atoms with E-state index >= 15 is 0 Å². The average molecular weight is 396 g/mol. The van der Waals surface area contributed by atoms with Crippen LogP contribution >= 0.6 is 0 Å². The van der Waals surface area contributed by atoms with Crippen LogP contribution < -0.4 is 25.3 Å². The van der Waals surface area contributed by atoms with Crippen LogP contribution in [0.1, 0.15) is 25.7 Å². The van der Waals surface area contributed by atoms with Crippen LogP contribution in [-0.4, -0.2) is 46.3 Å². The Morgan fingerprint density at radius 2 is 1.62 bits per heavy atom. The molecule has 9 heteroatoms. The maximum Gasteiger partial charge on any atom is 0.229 e. The highest BCUT2D eigenvalue weighted by Crippen LogP contribution is 2.31. The molecule has 1 aromatic carbocycles. The average Bonchev–Trinajstić information content (AvgIpc) is 2.74. The van der Waals surface area contributed by atoms with Crippen molar-refractivity contribution in [3.63, 3.8) is 0 Å². The van der Waals surface area contributed by atoms with Crippen molar-refractivity contribution in [3.05, 3.63) is 30.6 Å². The van der Waals surface area contributed by atoms with Gasteiger partial charge in [-0.2, -0.15) is 9.97 Å². The number of hydrogen-bond donors (Lipinski definition) is 2. The Morgan fingerprint density at radius 1 is 0.931 bits per heavy atom. The Kier molecular flexibility index (Phi) is 5.46. The van der Waals surface area contributed by atoms with Gasteiger partial charge < -0.3 is 25.3 Å². The van der Waals surface area contributed by atoms with Gasteiger partial charge >= 0.3 is 0 Å². The molecule has 1 aliphatic rings. The molecule has 0 amide bonds. The number of methoxy groups -OCH3 is 2. The van der Waals surface area contributed by atoms with Gasteiger partial charge in [0.2, 0.25) is 17.7 Å². The van der Waals surface area contributed by atoms with Gasteiger partial charge in [0.25, 0.3) is 0 Å². The van der Waals surface area contributed by atoms with E-state index in [1.54, 1.807) is 38.7 Å². The van der Waals surface area contributed by atoms with Gasteiger partial charge in [-0.15, -0.1) is 0 Å². The van der Waals surface area contributed by atoms with Crippen molar-refractivity contribution in [2.75, 3.05) is 25.3 Å². The minimum Gasteiger partial charge on any atom is -0.488 e. The van der Waals surface area contributed by atoms with E-state index in [2.05, 4.69) is 25.3 Å². The molecule has 0 saturated heterocycles. The highest BCUT2D eigenvalue weighted by atomic mass is 16.5. The third kappa shape index (κ3) is 4.39. The fourth-order valence-corrected chi connectivity index (χ4v) is 3.52. The Labute approximate surface area is 168 Å².